The van der Waals surface area contributed by atoms with Crippen LogP contribution < -0.4 is 10.1 Å². The molecule has 0 spiro atoms. The van der Waals surface area contributed by atoms with Gasteiger partial charge in [0.2, 0.25) is 0 Å². The summed E-state index contributed by atoms with van der Waals surface area (Å²) in [6, 6.07) is 19.6. The molecule has 3 N–H and O–H groups in total. The summed E-state index contributed by atoms with van der Waals surface area (Å²) in [5.74, 6) is -3.13. The lowest BCUT2D eigenvalue weighted by Gasteiger charge is -2.12. The first-order valence-electron chi connectivity index (χ1n) is 11.0. The molecule has 0 bridgehead atoms. The van der Waals surface area contributed by atoms with E-state index < -0.39 is 29.9 Å². The second-order valence-corrected chi connectivity index (χ2v) is 8.34. The third-order valence-corrected chi connectivity index (χ3v) is 5.48. The van der Waals surface area contributed by atoms with Gasteiger partial charge in [-0.25, -0.2) is 4.79 Å². The molecule has 4 rings (SSSR count). The molecule has 0 aromatic heterocycles. The van der Waals surface area contributed by atoms with Crippen LogP contribution in [0.5, 0.6) is 11.5 Å². The highest BCUT2D eigenvalue weighted by Crippen LogP contribution is 2.47. The molecule has 38 heavy (non-hydrogen) atoms. The predicted octanol–water partition coefficient (Wildman–Crippen LogP) is 6.93. The van der Waals surface area contributed by atoms with Crippen molar-refractivity contribution in [3.8, 4) is 11.5 Å². The molecule has 202 valence electrons. The van der Waals surface area contributed by atoms with Gasteiger partial charge in [0, 0.05) is 12.2 Å². The van der Waals surface area contributed by atoms with Gasteiger partial charge in [-0.1, -0.05) is 30.3 Å². The second-order valence-electron chi connectivity index (χ2n) is 8.34. The Morgan fingerprint density at radius 3 is 1.97 bits per heavy atom. The van der Waals surface area contributed by atoms with E-state index in [2.05, 4.69) is 5.32 Å². The molecule has 1 aliphatic carbocycles. The largest absolute Gasteiger partial charge is 0.490 e. The minimum atomic E-state index is -5.08. The highest BCUT2D eigenvalue weighted by Gasteiger charge is 2.44. The smallest absolute Gasteiger partial charge is 0.481 e. The topological polar surface area (TPSA) is 95.9 Å². The number of anilines is 1. The van der Waals surface area contributed by atoms with E-state index in [-0.39, 0.29) is 17.6 Å². The molecule has 0 radical (unpaired) electrons. The molecule has 2 unspecified atom stereocenters. The summed E-state index contributed by atoms with van der Waals surface area (Å²) in [5, 5.41) is 19.4. The third-order valence-electron chi connectivity index (χ3n) is 5.48. The molecular weight excluding hydrogens is 520 g/mol. The number of carbonyl (C=O) groups is 2. The summed E-state index contributed by atoms with van der Waals surface area (Å²) in [6.45, 7) is 0.500. The summed E-state index contributed by atoms with van der Waals surface area (Å²) in [7, 11) is 0. The maximum atomic E-state index is 12.9. The molecule has 12 heteroatoms. The molecule has 6 nitrogen and oxygen atoms in total. The van der Waals surface area contributed by atoms with E-state index >= 15 is 0 Å². The van der Waals surface area contributed by atoms with Gasteiger partial charge in [0.15, 0.2) is 0 Å². The van der Waals surface area contributed by atoms with Crippen LogP contribution in [0.3, 0.4) is 0 Å². The Hall–Kier alpha value is -4.22. The van der Waals surface area contributed by atoms with Crippen molar-refractivity contribution in [2.45, 2.75) is 31.2 Å². The van der Waals surface area contributed by atoms with Crippen molar-refractivity contribution in [2.24, 2.45) is 5.92 Å². The minimum Gasteiger partial charge on any atom is -0.481 e. The van der Waals surface area contributed by atoms with Gasteiger partial charge in [-0.3, -0.25) is 4.79 Å². The van der Waals surface area contributed by atoms with Crippen LogP contribution >= 0.6 is 0 Å². The summed E-state index contributed by atoms with van der Waals surface area (Å²) in [4.78, 5) is 19.9. The highest BCUT2D eigenvalue weighted by atomic mass is 19.4. The number of alkyl halides is 6. The van der Waals surface area contributed by atoms with Crippen LogP contribution in [0.1, 0.15) is 29.0 Å². The van der Waals surface area contributed by atoms with Gasteiger partial charge in [-0.2, -0.15) is 26.3 Å². The Balaban J connectivity index is 0.000000505. The van der Waals surface area contributed by atoms with E-state index in [0.717, 1.165) is 28.9 Å². The minimum absolute atomic E-state index is 0.0937. The van der Waals surface area contributed by atoms with Gasteiger partial charge in [0.05, 0.1) is 11.5 Å². The summed E-state index contributed by atoms with van der Waals surface area (Å²) in [5.41, 5.74) is 2.06. The number of halogens is 6. The second kappa shape index (κ2) is 11.4. The number of nitrogens with one attached hydrogen (secondary N) is 1. The first-order valence-corrected chi connectivity index (χ1v) is 11.0. The quantitative estimate of drug-likeness (QED) is 0.281. The first kappa shape index (κ1) is 28.4. The number of carboxylic acids is 2. The molecule has 0 amide bonds. The Bertz CT molecular complexity index is 1270. The molecule has 3 aromatic rings. The third kappa shape index (κ3) is 8.15. The molecule has 1 fully saturated rings. The zero-order valence-electron chi connectivity index (χ0n) is 19.4. The Morgan fingerprint density at radius 1 is 0.868 bits per heavy atom. The van der Waals surface area contributed by atoms with Crippen LogP contribution in [0, 0.1) is 5.92 Å². The van der Waals surface area contributed by atoms with Crippen LogP contribution in [0.4, 0.5) is 32.0 Å². The van der Waals surface area contributed by atoms with Crippen molar-refractivity contribution >= 4 is 17.6 Å². The van der Waals surface area contributed by atoms with Crippen LogP contribution in [0.15, 0.2) is 72.8 Å². The molecule has 0 heterocycles. The van der Waals surface area contributed by atoms with Crippen LogP contribution in [0.2, 0.25) is 0 Å². The van der Waals surface area contributed by atoms with Gasteiger partial charge in [0.25, 0.3) is 0 Å². The van der Waals surface area contributed by atoms with Crippen molar-refractivity contribution < 1.29 is 50.9 Å². The van der Waals surface area contributed by atoms with Gasteiger partial charge in [-0.15, -0.1) is 0 Å². The van der Waals surface area contributed by atoms with Crippen molar-refractivity contribution in [3.63, 3.8) is 0 Å². The molecule has 0 aliphatic heterocycles. The van der Waals surface area contributed by atoms with Crippen LogP contribution in [0.25, 0.3) is 0 Å². The maximum absolute atomic E-state index is 12.9. The van der Waals surface area contributed by atoms with Crippen molar-refractivity contribution in [1.29, 1.82) is 0 Å². The number of rotatable bonds is 7. The van der Waals surface area contributed by atoms with Crippen molar-refractivity contribution in [3.05, 3.63) is 89.5 Å². The number of benzene rings is 3. The fourth-order valence-electron chi connectivity index (χ4n) is 3.48. The van der Waals surface area contributed by atoms with Gasteiger partial charge in [0.1, 0.15) is 11.5 Å². The van der Waals surface area contributed by atoms with Crippen molar-refractivity contribution in [1.82, 2.24) is 0 Å². The van der Waals surface area contributed by atoms with Crippen LogP contribution in [-0.4, -0.2) is 28.3 Å². The predicted molar refractivity (Wildman–Crippen MR) is 124 cm³/mol. The van der Waals surface area contributed by atoms with E-state index in [9.17, 15) is 31.1 Å². The lowest BCUT2D eigenvalue weighted by Crippen LogP contribution is -2.21. The summed E-state index contributed by atoms with van der Waals surface area (Å²) >= 11 is 0. The molecule has 1 saturated carbocycles. The number of carboxylic acid groups (broad SMARTS) is 2. The molecular formula is C26H21F6NO5. The highest BCUT2D eigenvalue weighted by molar-refractivity contribution is 5.75. The molecule has 1 aliphatic rings. The SMILES string of the molecule is O=C(O)C(F)(F)F.O=C(O)C1CC1c1ccc(NCc2cccc(Oc3cccc(C(F)(F)F)c3)c2)cc1. The summed E-state index contributed by atoms with van der Waals surface area (Å²) < 4.78 is 76.0. The van der Waals surface area contributed by atoms with E-state index in [1.54, 1.807) is 18.2 Å². The molecule has 2 atom stereocenters. The zero-order chi connectivity index (χ0) is 28.1. The first-order chi connectivity index (χ1) is 17.7. The number of hydrogen-bond donors (Lipinski definition) is 3. The van der Waals surface area contributed by atoms with E-state index in [1.807, 2.05) is 30.3 Å². The van der Waals surface area contributed by atoms with Gasteiger partial charge in [-0.05, 0) is 65.9 Å². The van der Waals surface area contributed by atoms with E-state index in [1.165, 1.54) is 12.1 Å². The lowest BCUT2D eigenvalue weighted by molar-refractivity contribution is -0.192. The monoisotopic (exact) mass is 541 g/mol. The number of ether oxygens (including phenoxy) is 1. The Morgan fingerprint density at radius 2 is 1.45 bits per heavy atom. The summed E-state index contributed by atoms with van der Waals surface area (Å²) in [6.07, 6.45) is -8.82. The van der Waals surface area contributed by atoms with Crippen molar-refractivity contribution in [2.75, 3.05) is 5.32 Å². The van der Waals surface area contributed by atoms with Gasteiger partial charge >= 0.3 is 24.3 Å². The lowest BCUT2D eigenvalue weighted by atomic mass is 10.1. The normalized spacial score (nSPS) is 16.6. The molecule has 0 saturated heterocycles. The number of hydrogen-bond acceptors (Lipinski definition) is 4. The average molecular weight is 541 g/mol. The van der Waals surface area contributed by atoms with Crippen LogP contribution in [-0.2, 0) is 22.3 Å². The Labute approximate surface area is 212 Å². The number of aliphatic carboxylic acids is 2. The fraction of sp³-hybridized carbons (Fsp3) is 0.231. The fourth-order valence-corrected chi connectivity index (χ4v) is 3.48. The van der Waals surface area contributed by atoms with E-state index in [4.69, 9.17) is 19.7 Å². The average Bonchev–Trinajstić information content (AvgIpc) is 3.64. The zero-order valence-corrected chi connectivity index (χ0v) is 19.4. The Kier molecular flexibility index (Phi) is 8.54. The van der Waals surface area contributed by atoms with E-state index in [0.29, 0.717) is 18.7 Å². The maximum Gasteiger partial charge on any atom is 0.490 e. The standard InChI is InChI=1S/C24H20F3NO3.C2HF3O2/c25-24(26,27)17-4-2-6-20(12-17)31-19-5-1-3-15(11-19)14-28-18-9-7-16(8-10-18)21-13-22(21)23(29)30;3-2(4,5)1(6)7/h1-12,21-22,28H,13-14H2,(H,29,30);(H,6,7). The molecule has 3 aromatic carbocycles. The van der Waals surface area contributed by atoms with Gasteiger partial charge < -0.3 is 20.3 Å².